The van der Waals surface area contributed by atoms with E-state index in [2.05, 4.69) is 30.9 Å². The fourth-order valence-electron chi connectivity index (χ4n) is 3.20. The van der Waals surface area contributed by atoms with E-state index in [4.69, 9.17) is 5.73 Å². The second-order valence-corrected chi connectivity index (χ2v) is 5.94. The zero-order valence-corrected chi connectivity index (χ0v) is 12.6. The third-order valence-corrected chi connectivity index (χ3v) is 4.51. The smallest absolute Gasteiger partial charge is 0.120 e. The van der Waals surface area contributed by atoms with Crippen molar-refractivity contribution in [2.45, 2.75) is 32.9 Å². The third-order valence-electron chi connectivity index (χ3n) is 4.51. The van der Waals surface area contributed by atoms with Gasteiger partial charge in [0.05, 0.1) is 0 Å². The molecule has 0 saturated heterocycles. The molecule has 110 valence electrons. The van der Waals surface area contributed by atoms with Crippen LogP contribution in [0.3, 0.4) is 0 Å². The van der Waals surface area contributed by atoms with Gasteiger partial charge in [0, 0.05) is 30.4 Å². The van der Waals surface area contributed by atoms with Crippen LogP contribution in [0.4, 0.5) is 5.69 Å². The average molecular weight is 282 g/mol. The number of aromatic hydroxyl groups is 1. The van der Waals surface area contributed by atoms with Crippen molar-refractivity contribution in [3.8, 4) is 5.75 Å². The minimum atomic E-state index is 0.194. The van der Waals surface area contributed by atoms with Crippen LogP contribution in [-0.2, 0) is 13.0 Å². The highest BCUT2D eigenvalue weighted by atomic mass is 16.3. The number of benzene rings is 2. The Morgan fingerprint density at radius 3 is 2.86 bits per heavy atom. The van der Waals surface area contributed by atoms with E-state index in [0.717, 1.165) is 30.8 Å². The van der Waals surface area contributed by atoms with Crippen LogP contribution in [0.5, 0.6) is 5.75 Å². The highest BCUT2D eigenvalue weighted by Crippen LogP contribution is 2.33. The number of fused-ring (bicyclic) bond motifs is 1. The van der Waals surface area contributed by atoms with Crippen molar-refractivity contribution in [3.05, 3.63) is 58.7 Å². The lowest BCUT2D eigenvalue weighted by Gasteiger charge is -2.34. The van der Waals surface area contributed by atoms with E-state index >= 15 is 0 Å². The van der Waals surface area contributed by atoms with Gasteiger partial charge < -0.3 is 10.8 Å². The quantitative estimate of drug-likeness (QED) is 0.830. The first kappa shape index (κ1) is 14.0. The van der Waals surface area contributed by atoms with E-state index in [9.17, 15) is 5.11 Å². The Labute approximate surface area is 126 Å². The molecular weight excluding hydrogens is 260 g/mol. The first-order valence-corrected chi connectivity index (χ1v) is 7.46. The van der Waals surface area contributed by atoms with Gasteiger partial charge in [0.2, 0.25) is 0 Å². The maximum atomic E-state index is 10.1. The second kappa shape index (κ2) is 5.41. The highest BCUT2D eigenvalue weighted by Gasteiger charge is 2.24. The number of phenolic OH excluding ortho intramolecular Hbond substituents is 1. The van der Waals surface area contributed by atoms with Gasteiger partial charge in [-0.15, -0.1) is 0 Å². The summed E-state index contributed by atoms with van der Waals surface area (Å²) in [6.45, 7) is 6.07. The summed E-state index contributed by atoms with van der Waals surface area (Å²) in [6, 6.07) is 12.2. The molecule has 0 amide bonds. The van der Waals surface area contributed by atoms with E-state index in [1.165, 1.54) is 16.7 Å². The molecule has 3 nitrogen and oxygen atoms in total. The van der Waals surface area contributed by atoms with E-state index in [0.29, 0.717) is 5.75 Å². The van der Waals surface area contributed by atoms with Crippen molar-refractivity contribution in [1.82, 2.24) is 4.90 Å². The van der Waals surface area contributed by atoms with Gasteiger partial charge in [-0.3, -0.25) is 4.90 Å². The first-order chi connectivity index (χ1) is 10.1. The van der Waals surface area contributed by atoms with Crippen LogP contribution in [0.1, 0.15) is 35.2 Å². The molecule has 1 aliphatic rings. The molecule has 0 bridgehead atoms. The average Bonchev–Trinajstić information content (AvgIpc) is 2.49. The Morgan fingerprint density at radius 2 is 2.05 bits per heavy atom. The number of hydrogen-bond acceptors (Lipinski definition) is 3. The van der Waals surface area contributed by atoms with E-state index in [1.807, 2.05) is 18.2 Å². The predicted octanol–water partition coefficient (Wildman–Crippen LogP) is 3.40. The fraction of sp³-hybridized carbons (Fsp3) is 0.333. The van der Waals surface area contributed by atoms with E-state index in [-0.39, 0.29) is 6.04 Å². The summed E-state index contributed by atoms with van der Waals surface area (Å²) in [5.74, 6) is 0.381. The van der Waals surface area contributed by atoms with Crippen LogP contribution < -0.4 is 5.73 Å². The van der Waals surface area contributed by atoms with Crippen LogP contribution in [-0.4, -0.2) is 16.6 Å². The number of anilines is 1. The zero-order chi connectivity index (χ0) is 15.0. The molecule has 0 aliphatic carbocycles. The van der Waals surface area contributed by atoms with Crippen molar-refractivity contribution in [3.63, 3.8) is 0 Å². The number of aryl methyl sites for hydroxylation is 1. The highest BCUT2D eigenvalue weighted by molar-refractivity contribution is 5.52. The number of nitrogens with two attached hydrogens (primary N) is 1. The lowest BCUT2D eigenvalue weighted by atomic mass is 9.95. The molecule has 1 atom stereocenters. The summed E-state index contributed by atoms with van der Waals surface area (Å²) in [6.07, 6.45) is 0.971. The molecule has 2 aromatic rings. The molecule has 1 heterocycles. The van der Waals surface area contributed by atoms with E-state index < -0.39 is 0 Å². The minimum absolute atomic E-state index is 0.194. The lowest BCUT2D eigenvalue weighted by molar-refractivity contribution is 0.189. The molecule has 0 saturated carbocycles. The standard InChI is InChI=1S/C18H22N2O/c1-12-6-7-18(21)16(10-12)13(2)20-9-8-15-14(11-20)4-3-5-17(15)19/h3-7,10,13,21H,8-9,11,19H2,1-2H3. The van der Waals surface area contributed by atoms with E-state index in [1.54, 1.807) is 6.07 Å². The number of nitrogen functional groups attached to an aromatic ring is 1. The molecular formula is C18H22N2O. The zero-order valence-electron chi connectivity index (χ0n) is 12.6. The van der Waals surface area contributed by atoms with Crippen LogP contribution >= 0.6 is 0 Å². The van der Waals surface area contributed by atoms with Crippen molar-refractivity contribution >= 4 is 5.69 Å². The minimum Gasteiger partial charge on any atom is -0.508 e. The largest absolute Gasteiger partial charge is 0.508 e. The molecule has 0 aromatic heterocycles. The van der Waals surface area contributed by atoms with Crippen LogP contribution in [0.15, 0.2) is 36.4 Å². The van der Waals surface area contributed by atoms with Gasteiger partial charge in [0.1, 0.15) is 5.75 Å². The lowest BCUT2D eigenvalue weighted by Crippen LogP contribution is -2.33. The summed E-state index contributed by atoms with van der Waals surface area (Å²) in [7, 11) is 0. The monoisotopic (exact) mass is 282 g/mol. The maximum Gasteiger partial charge on any atom is 0.120 e. The number of hydrogen-bond donors (Lipinski definition) is 2. The molecule has 3 N–H and O–H groups in total. The maximum absolute atomic E-state index is 10.1. The Morgan fingerprint density at radius 1 is 1.24 bits per heavy atom. The molecule has 1 unspecified atom stereocenters. The number of phenols is 1. The molecule has 0 fully saturated rings. The van der Waals surface area contributed by atoms with Crippen molar-refractivity contribution < 1.29 is 5.11 Å². The summed E-state index contributed by atoms with van der Waals surface area (Å²) in [4.78, 5) is 2.40. The summed E-state index contributed by atoms with van der Waals surface area (Å²) in [5, 5.41) is 10.1. The molecule has 21 heavy (non-hydrogen) atoms. The third kappa shape index (κ3) is 2.61. The summed E-state index contributed by atoms with van der Waals surface area (Å²) in [5.41, 5.74) is 11.7. The molecule has 2 aromatic carbocycles. The van der Waals surface area contributed by atoms with Crippen LogP contribution in [0, 0.1) is 6.92 Å². The molecule has 3 rings (SSSR count). The topological polar surface area (TPSA) is 49.5 Å². The number of rotatable bonds is 2. The molecule has 3 heteroatoms. The predicted molar refractivity (Wildman–Crippen MR) is 86.2 cm³/mol. The first-order valence-electron chi connectivity index (χ1n) is 7.46. The summed E-state index contributed by atoms with van der Waals surface area (Å²) >= 11 is 0. The van der Waals surface area contributed by atoms with Crippen molar-refractivity contribution in [2.24, 2.45) is 0 Å². The molecule has 0 spiro atoms. The Balaban J connectivity index is 1.87. The molecule has 0 radical (unpaired) electrons. The van der Waals surface area contributed by atoms with Crippen molar-refractivity contribution in [1.29, 1.82) is 0 Å². The van der Waals surface area contributed by atoms with Crippen LogP contribution in [0.2, 0.25) is 0 Å². The van der Waals surface area contributed by atoms with Gasteiger partial charge in [-0.1, -0.05) is 29.8 Å². The molecule has 1 aliphatic heterocycles. The van der Waals surface area contributed by atoms with Crippen molar-refractivity contribution in [2.75, 3.05) is 12.3 Å². The Hall–Kier alpha value is -2.00. The van der Waals surface area contributed by atoms with Gasteiger partial charge in [0.25, 0.3) is 0 Å². The van der Waals surface area contributed by atoms with Gasteiger partial charge >= 0.3 is 0 Å². The summed E-state index contributed by atoms with van der Waals surface area (Å²) < 4.78 is 0. The number of nitrogens with zero attached hydrogens (tertiary/aromatic N) is 1. The van der Waals surface area contributed by atoms with Gasteiger partial charge in [-0.05, 0) is 43.5 Å². The van der Waals surface area contributed by atoms with Crippen LogP contribution in [0.25, 0.3) is 0 Å². The fourth-order valence-corrected chi connectivity index (χ4v) is 3.20. The van der Waals surface area contributed by atoms with Gasteiger partial charge in [-0.25, -0.2) is 0 Å². The SMILES string of the molecule is Cc1ccc(O)c(C(C)N2CCc3c(N)cccc3C2)c1. The Bertz CT molecular complexity index is 666. The van der Waals surface area contributed by atoms with Gasteiger partial charge in [0.15, 0.2) is 0 Å². The Kier molecular flexibility index (Phi) is 3.60. The normalized spacial score (nSPS) is 16.5. The van der Waals surface area contributed by atoms with Gasteiger partial charge in [-0.2, -0.15) is 0 Å². The second-order valence-electron chi connectivity index (χ2n) is 5.94.